The zero-order chi connectivity index (χ0) is 25.0. The molecule has 0 amide bonds. The van der Waals surface area contributed by atoms with Crippen molar-refractivity contribution >= 4 is 0 Å². The average Bonchev–Trinajstić information content (AvgIpc) is 3.38. The summed E-state index contributed by atoms with van der Waals surface area (Å²) in [7, 11) is 2.39. The van der Waals surface area contributed by atoms with Gasteiger partial charge in [-0.1, -0.05) is 6.92 Å². The van der Waals surface area contributed by atoms with Gasteiger partial charge in [0.05, 0.1) is 17.8 Å². The van der Waals surface area contributed by atoms with Gasteiger partial charge in [0.25, 0.3) is 0 Å². The highest BCUT2D eigenvalue weighted by atomic mass is 16.6. The molecule has 10 atom stereocenters. The number of hydrogen-bond acceptors (Lipinski definition) is 4. The first-order valence-corrected chi connectivity index (χ1v) is 15.1. The van der Waals surface area contributed by atoms with Crippen LogP contribution < -0.4 is 0 Å². The second kappa shape index (κ2) is 7.93. The molecule has 35 heavy (non-hydrogen) atoms. The lowest BCUT2D eigenvalue weighted by molar-refractivity contribution is -0.193. The summed E-state index contributed by atoms with van der Waals surface area (Å²) in [4.78, 5) is 2.70. The van der Waals surface area contributed by atoms with E-state index < -0.39 is 5.60 Å². The number of hydrogen-bond donors (Lipinski definition) is 1. The number of aliphatic hydroxyl groups is 1. The van der Waals surface area contributed by atoms with Crippen molar-refractivity contribution in [1.29, 1.82) is 0 Å². The molecule has 4 aliphatic carbocycles. The van der Waals surface area contributed by atoms with Crippen LogP contribution in [0.1, 0.15) is 106 Å². The first-order chi connectivity index (χ1) is 16.4. The molecule has 0 radical (unpaired) electrons. The first kappa shape index (κ1) is 25.1. The molecule has 4 nitrogen and oxygen atoms in total. The Bertz CT molecular complexity index is 836. The highest BCUT2D eigenvalue weighted by Crippen LogP contribution is 2.85. The van der Waals surface area contributed by atoms with E-state index in [2.05, 4.69) is 32.7 Å². The van der Waals surface area contributed by atoms with Crippen LogP contribution in [0, 0.1) is 39.9 Å². The van der Waals surface area contributed by atoms with Gasteiger partial charge in [-0.05, 0) is 152 Å². The molecule has 4 saturated carbocycles. The monoisotopic (exact) mass is 487 g/mol. The summed E-state index contributed by atoms with van der Waals surface area (Å²) < 4.78 is 13.0. The number of nitrogens with zero attached hydrogens (tertiary/aromatic N) is 1. The molecular formula is C31H53NO3. The van der Waals surface area contributed by atoms with Crippen LogP contribution in [-0.2, 0) is 9.47 Å². The molecule has 0 aromatic carbocycles. The van der Waals surface area contributed by atoms with E-state index in [4.69, 9.17) is 9.47 Å². The van der Waals surface area contributed by atoms with Crippen LogP contribution in [0.25, 0.3) is 0 Å². The number of fused-ring (bicyclic) bond motifs is 4. The predicted molar refractivity (Wildman–Crippen MR) is 140 cm³/mol. The largest absolute Gasteiger partial charge is 0.388 e. The summed E-state index contributed by atoms with van der Waals surface area (Å²) in [6.07, 6.45) is 13.8. The zero-order valence-corrected chi connectivity index (χ0v) is 23.7. The van der Waals surface area contributed by atoms with E-state index in [1.165, 1.54) is 64.3 Å². The van der Waals surface area contributed by atoms with Crippen LogP contribution in [0.2, 0.25) is 0 Å². The Labute approximate surface area is 214 Å². The first-order valence-electron chi connectivity index (χ1n) is 15.1. The Hall–Kier alpha value is -0.160. The van der Waals surface area contributed by atoms with Crippen LogP contribution in [0.15, 0.2) is 0 Å². The van der Waals surface area contributed by atoms with Gasteiger partial charge in [-0.15, -0.1) is 0 Å². The minimum atomic E-state index is -0.870. The third-order valence-electron chi connectivity index (χ3n) is 13.3. The molecule has 2 aliphatic heterocycles. The molecule has 0 aromatic rings. The molecule has 6 fully saturated rings. The molecule has 200 valence electrons. The van der Waals surface area contributed by atoms with Crippen molar-refractivity contribution in [3.8, 4) is 0 Å². The van der Waals surface area contributed by atoms with E-state index in [9.17, 15) is 5.11 Å². The Balaban J connectivity index is 1.25. The minimum absolute atomic E-state index is 0.0232. The number of ether oxygens (including phenoxy) is 2. The molecule has 2 heterocycles. The van der Waals surface area contributed by atoms with Crippen LogP contribution in [0.3, 0.4) is 0 Å². The number of likely N-dealkylation sites (tertiary alicyclic amines) is 1. The molecular weight excluding hydrogens is 434 g/mol. The van der Waals surface area contributed by atoms with Gasteiger partial charge in [-0.2, -0.15) is 0 Å². The summed E-state index contributed by atoms with van der Waals surface area (Å²) in [5.74, 6) is 3.28. The molecule has 4 heteroatoms. The average molecular weight is 488 g/mol. The summed E-state index contributed by atoms with van der Waals surface area (Å²) in [6.45, 7) is 15.5. The molecule has 2 spiro atoms. The lowest BCUT2D eigenvalue weighted by atomic mass is 9.49. The van der Waals surface area contributed by atoms with Gasteiger partial charge >= 0.3 is 0 Å². The van der Waals surface area contributed by atoms with Crippen molar-refractivity contribution in [3.63, 3.8) is 0 Å². The van der Waals surface area contributed by atoms with Gasteiger partial charge in [0.15, 0.2) is 0 Å². The maximum absolute atomic E-state index is 10.8. The van der Waals surface area contributed by atoms with E-state index in [1.54, 1.807) is 0 Å². The smallest absolute Gasteiger partial charge is 0.112 e. The van der Waals surface area contributed by atoms with Gasteiger partial charge in [0.1, 0.15) is 6.10 Å². The highest BCUT2D eigenvalue weighted by Gasteiger charge is 2.79. The Morgan fingerprint density at radius 3 is 2.46 bits per heavy atom. The van der Waals surface area contributed by atoms with Gasteiger partial charge in [0.2, 0.25) is 0 Å². The van der Waals surface area contributed by atoms with Crippen molar-refractivity contribution in [2.24, 2.45) is 39.9 Å². The summed E-state index contributed by atoms with van der Waals surface area (Å²) in [6, 6.07) is 0. The minimum Gasteiger partial charge on any atom is -0.388 e. The van der Waals surface area contributed by atoms with E-state index in [0.717, 1.165) is 24.2 Å². The summed E-state index contributed by atoms with van der Waals surface area (Å²) >= 11 is 0. The predicted octanol–water partition coefficient (Wildman–Crippen LogP) is 6.05. The summed E-state index contributed by atoms with van der Waals surface area (Å²) in [5, 5.41) is 10.8. The maximum atomic E-state index is 10.8. The van der Waals surface area contributed by atoms with Gasteiger partial charge < -0.3 is 19.5 Å². The molecule has 2 saturated heterocycles. The quantitative estimate of drug-likeness (QED) is 0.524. The van der Waals surface area contributed by atoms with Crippen molar-refractivity contribution in [2.75, 3.05) is 20.2 Å². The fourth-order valence-electron chi connectivity index (χ4n) is 11.6. The molecule has 1 N–H and O–H groups in total. The second-order valence-corrected chi connectivity index (χ2v) is 15.2. The van der Waals surface area contributed by atoms with Gasteiger partial charge in [0, 0.05) is 12.1 Å². The molecule has 6 aliphatic rings. The topological polar surface area (TPSA) is 41.9 Å². The normalized spacial score (nSPS) is 51.8. The Morgan fingerprint density at radius 1 is 1.00 bits per heavy atom. The van der Waals surface area contributed by atoms with Crippen molar-refractivity contribution in [1.82, 2.24) is 4.90 Å². The maximum Gasteiger partial charge on any atom is 0.112 e. The molecule has 0 bridgehead atoms. The van der Waals surface area contributed by atoms with Crippen LogP contribution in [0.4, 0.5) is 0 Å². The van der Waals surface area contributed by atoms with E-state index in [0.29, 0.717) is 40.4 Å². The molecule has 6 rings (SSSR count). The van der Waals surface area contributed by atoms with Crippen molar-refractivity contribution in [2.45, 2.75) is 135 Å². The van der Waals surface area contributed by atoms with Crippen molar-refractivity contribution in [3.05, 3.63) is 0 Å². The fraction of sp³-hybridized carbons (Fsp3) is 1.00. The SMILES string of the molecule is CCOC(C1CCC2C(CC3C4CCC5C(C)(C)N(C)CCCC56CC46CCC23C)O1)C(C)(C)O. The van der Waals surface area contributed by atoms with E-state index >= 15 is 0 Å². The third-order valence-corrected chi connectivity index (χ3v) is 13.3. The van der Waals surface area contributed by atoms with Crippen LogP contribution >= 0.6 is 0 Å². The summed E-state index contributed by atoms with van der Waals surface area (Å²) in [5.41, 5.74) is 1.14. The lowest BCUT2D eigenvalue weighted by Gasteiger charge is -2.57. The standard InChI is InChI=1S/C31H53NO3/c1-8-34-26(28(4,5)33)23-12-10-21-24(35-23)18-22-20-11-13-25-27(2,3)32(7)17-9-14-31(25)19-30(20,31)16-15-29(21,22)6/h20-26,33H,8-19H2,1-7H3. The fourth-order valence-corrected chi connectivity index (χ4v) is 11.6. The van der Waals surface area contributed by atoms with Crippen molar-refractivity contribution < 1.29 is 14.6 Å². The van der Waals surface area contributed by atoms with E-state index in [-0.39, 0.29) is 12.2 Å². The third kappa shape index (κ3) is 3.31. The van der Waals surface area contributed by atoms with Crippen LogP contribution in [-0.4, -0.2) is 59.7 Å². The molecule has 10 unspecified atom stereocenters. The zero-order valence-electron chi connectivity index (χ0n) is 23.7. The van der Waals surface area contributed by atoms with Gasteiger partial charge in [-0.25, -0.2) is 0 Å². The second-order valence-electron chi connectivity index (χ2n) is 15.2. The van der Waals surface area contributed by atoms with E-state index in [1.807, 2.05) is 20.8 Å². The molecule has 0 aromatic heterocycles. The highest BCUT2D eigenvalue weighted by molar-refractivity contribution is 5.29. The lowest BCUT2D eigenvalue weighted by Crippen LogP contribution is -2.54. The Morgan fingerprint density at radius 2 is 1.74 bits per heavy atom. The van der Waals surface area contributed by atoms with Gasteiger partial charge in [-0.3, -0.25) is 0 Å². The Kier molecular flexibility index (Phi) is 5.70. The number of rotatable bonds is 4. The van der Waals surface area contributed by atoms with Crippen LogP contribution in [0.5, 0.6) is 0 Å².